The molecule has 1 nitrogen and oxygen atoms in total. The van der Waals surface area contributed by atoms with Crippen LogP contribution in [0.1, 0.15) is 68.4 Å². The molecule has 1 aromatic rings. The Hall–Kier alpha value is -0.980. The molecule has 0 amide bonds. The van der Waals surface area contributed by atoms with Crippen molar-refractivity contribution < 1.29 is 4.74 Å². The van der Waals surface area contributed by atoms with Crippen LogP contribution in [0.4, 0.5) is 0 Å². The van der Waals surface area contributed by atoms with Gasteiger partial charge in [0.05, 0.1) is 6.61 Å². The molecule has 3 rings (SSSR count). The third-order valence-corrected chi connectivity index (χ3v) is 4.18. The van der Waals surface area contributed by atoms with Crippen molar-refractivity contribution in [3.8, 4) is 5.75 Å². The Morgan fingerprint density at radius 1 is 1.06 bits per heavy atom. The number of hydrogen-bond donors (Lipinski definition) is 0. The van der Waals surface area contributed by atoms with Crippen molar-refractivity contribution in [2.24, 2.45) is 0 Å². The van der Waals surface area contributed by atoms with Crippen LogP contribution < -0.4 is 4.74 Å². The van der Waals surface area contributed by atoms with E-state index in [-0.39, 0.29) is 0 Å². The van der Waals surface area contributed by atoms with Gasteiger partial charge in [0.25, 0.3) is 0 Å². The number of hydrogen-bond acceptors (Lipinski definition) is 1. The Balaban J connectivity index is 1.99. The van der Waals surface area contributed by atoms with Gasteiger partial charge in [0, 0.05) is 5.56 Å². The molecule has 0 atom stereocenters. The summed E-state index contributed by atoms with van der Waals surface area (Å²) in [6, 6.07) is 6.69. The molecule has 0 radical (unpaired) electrons. The fourth-order valence-corrected chi connectivity index (χ4v) is 3.24. The molecule has 2 aliphatic rings. The molecule has 0 aliphatic heterocycles. The van der Waals surface area contributed by atoms with E-state index in [0.29, 0.717) is 0 Å². The van der Waals surface area contributed by atoms with E-state index in [0.717, 1.165) is 18.4 Å². The predicted octanol–water partition coefficient (Wildman–Crippen LogP) is 4.62. The first-order valence-corrected chi connectivity index (χ1v) is 7.15. The molecule has 2 aliphatic carbocycles. The van der Waals surface area contributed by atoms with Gasteiger partial charge in [-0.25, -0.2) is 0 Å². The SMILES string of the molecule is CCOc1cccc(C2CC2)c1C1CCCC1. The minimum atomic E-state index is 0.772. The summed E-state index contributed by atoms with van der Waals surface area (Å²) >= 11 is 0. The largest absolute Gasteiger partial charge is 0.494 e. The van der Waals surface area contributed by atoms with Crippen molar-refractivity contribution in [2.75, 3.05) is 6.61 Å². The maximum Gasteiger partial charge on any atom is 0.123 e. The van der Waals surface area contributed by atoms with Crippen molar-refractivity contribution in [3.05, 3.63) is 29.3 Å². The van der Waals surface area contributed by atoms with E-state index in [2.05, 4.69) is 25.1 Å². The topological polar surface area (TPSA) is 9.23 Å². The molecule has 17 heavy (non-hydrogen) atoms. The Kier molecular flexibility index (Phi) is 3.09. The van der Waals surface area contributed by atoms with E-state index in [1.807, 2.05) is 0 Å². The molecule has 0 N–H and O–H groups in total. The van der Waals surface area contributed by atoms with Crippen LogP contribution >= 0.6 is 0 Å². The number of rotatable bonds is 4. The molecular formula is C16H22O. The zero-order valence-electron chi connectivity index (χ0n) is 10.7. The van der Waals surface area contributed by atoms with Gasteiger partial charge >= 0.3 is 0 Å². The zero-order chi connectivity index (χ0) is 11.7. The minimum Gasteiger partial charge on any atom is -0.494 e. The van der Waals surface area contributed by atoms with E-state index in [1.54, 1.807) is 11.1 Å². The third kappa shape index (κ3) is 2.20. The maximum atomic E-state index is 5.87. The summed E-state index contributed by atoms with van der Waals surface area (Å²) in [4.78, 5) is 0. The molecule has 92 valence electrons. The molecular weight excluding hydrogens is 208 g/mol. The van der Waals surface area contributed by atoms with Crippen molar-refractivity contribution in [3.63, 3.8) is 0 Å². The molecule has 2 saturated carbocycles. The van der Waals surface area contributed by atoms with Gasteiger partial charge in [-0.15, -0.1) is 0 Å². The lowest BCUT2D eigenvalue weighted by Crippen LogP contribution is -2.04. The molecule has 1 heteroatoms. The lowest BCUT2D eigenvalue weighted by atomic mass is 9.90. The second-order valence-electron chi connectivity index (χ2n) is 5.45. The zero-order valence-corrected chi connectivity index (χ0v) is 10.7. The van der Waals surface area contributed by atoms with Gasteiger partial charge in [-0.1, -0.05) is 25.0 Å². The van der Waals surface area contributed by atoms with E-state index in [9.17, 15) is 0 Å². The fourth-order valence-electron chi connectivity index (χ4n) is 3.24. The minimum absolute atomic E-state index is 0.772. The summed E-state index contributed by atoms with van der Waals surface area (Å²) in [5, 5.41) is 0. The molecule has 1 aromatic carbocycles. The summed E-state index contributed by atoms with van der Waals surface area (Å²) in [5.41, 5.74) is 3.16. The first-order chi connectivity index (χ1) is 8.40. The van der Waals surface area contributed by atoms with Crippen LogP contribution in [-0.4, -0.2) is 6.61 Å². The summed E-state index contributed by atoms with van der Waals surface area (Å²) < 4.78 is 5.87. The summed E-state index contributed by atoms with van der Waals surface area (Å²) in [6.45, 7) is 2.87. The molecule has 0 aromatic heterocycles. The highest BCUT2D eigenvalue weighted by molar-refractivity contribution is 5.46. The van der Waals surface area contributed by atoms with Gasteiger partial charge < -0.3 is 4.74 Å². The van der Waals surface area contributed by atoms with E-state index in [1.165, 1.54) is 44.3 Å². The van der Waals surface area contributed by atoms with Crippen LogP contribution in [0.15, 0.2) is 18.2 Å². The fraction of sp³-hybridized carbons (Fsp3) is 0.625. The first-order valence-electron chi connectivity index (χ1n) is 7.15. The van der Waals surface area contributed by atoms with Crippen molar-refractivity contribution >= 4 is 0 Å². The Labute approximate surface area is 104 Å². The second-order valence-corrected chi connectivity index (χ2v) is 5.45. The van der Waals surface area contributed by atoms with Gasteiger partial charge in [0.2, 0.25) is 0 Å². The van der Waals surface area contributed by atoms with Gasteiger partial charge in [0.15, 0.2) is 0 Å². The molecule has 2 fully saturated rings. The quantitative estimate of drug-likeness (QED) is 0.733. The number of ether oxygens (including phenoxy) is 1. The van der Waals surface area contributed by atoms with Crippen LogP contribution in [-0.2, 0) is 0 Å². The monoisotopic (exact) mass is 230 g/mol. The van der Waals surface area contributed by atoms with Crippen molar-refractivity contribution in [1.29, 1.82) is 0 Å². The normalized spacial score (nSPS) is 20.8. The van der Waals surface area contributed by atoms with Crippen LogP contribution in [0, 0.1) is 0 Å². The van der Waals surface area contributed by atoms with Gasteiger partial charge in [-0.2, -0.15) is 0 Å². The predicted molar refractivity (Wildman–Crippen MR) is 70.8 cm³/mol. The second kappa shape index (κ2) is 4.72. The molecule has 0 unspecified atom stereocenters. The highest BCUT2D eigenvalue weighted by Gasteiger charge is 2.31. The van der Waals surface area contributed by atoms with Crippen LogP contribution in [0.5, 0.6) is 5.75 Å². The maximum absolute atomic E-state index is 5.87. The van der Waals surface area contributed by atoms with Gasteiger partial charge in [-0.05, 0) is 56.1 Å². The highest BCUT2D eigenvalue weighted by atomic mass is 16.5. The smallest absolute Gasteiger partial charge is 0.123 e. The Morgan fingerprint density at radius 3 is 2.47 bits per heavy atom. The Bertz CT molecular complexity index is 387. The summed E-state index contributed by atoms with van der Waals surface area (Å²) in [6.07, 6.45) is 8.29. The molecule has 0 saturated heterocycles. The van der Waals surface area contributed by atoms with Crippen LogP contribution in [0.2, 0.25) is 0 Å². The van der Waals surface area contributed by atoms with E-state index in [4.69, 9.17) is 4.74 Å². The Morgan fingerprint density at radius 2 is 1.82 bits per heavy atom. The average molecular weight is 230 g/mol. The van der Waals surface area contributed by atoms with Gasteiger partial charge in [-0.3, -0.25) is 0 Å². The lowest BCUT2D eigenvalue weighted by Gasteiger charge is -2.19. The third-order valence-electron chi connectivity index (χ3n) is 4.18. The molecule has 0 bridgehead atoms. The van der Waals surface area contributed by atoms with E-state index >= 15 is 0 Å². The van der Waals surface area contributed by atoms with Crippen molar-refractivity contribution in [1.82, 2.24) is 0 Å². The number of benzene rings is 1. The standard InChI is InChI=1S/C16H22O/c1-2-17-15-9-5-8-14(12-10-11-12)16(15)13-6-3-4-7-13/h5,8-9,12-13H,2-4,6-7,10-11H2,1H3. The van der Waals surface area contributed by atoms with Gasteiger partial charge in [0.1, 0.15) is 5.75 Å². The van der Waals surface area contributed by atoms with Crippen molar-refractivity contribution in [2.45, 2.75) is 57.3 Å². The molecule has 0 heterocycles. The average Bonchev–Trinajstić information content (AvgIpc) is 3.06. The highest BCUT2D eigenvalue weighted by Crippen LogP contribution is 2.49. The summed E-state index contributed by atoms with van der Waals surface area (Å²) in [5.74, 6) is 2.78. The van der Waals surface area contributed by atoms with Crippen LogP contribution in [0.25, 0.3) is 0 Å². The molecule has 0 spiro atoms. The van der Waals surface area contributed by atoms with E-state index < -0.39 is 0 Å². The van der Waals surface area contributed by atoms with Crippen LogP contribution in [0.3, 0.4) is 0 Å². The lowest BCUT2D eigenvalue weighted by molar-refractivity contribution is 0.333. The first kappa shape index (κ1) is 11.1. The summed E-state index contributed by atoms with van der Waals surface area (Å²) in [7, 11) is 0.